The van der Waals surface area contributed by atoms with Crippen LogP contribution in [0.1, 0.15) is 51.9 Å². The van der Waals surface area contributed by atoms with Crippen LogP contribution in [0.4, 0.5) is 4.79 Å². The maximum atomic E-state index is 12.9. The molecule has 6 rings (SSSR count). The van der Waals surface area contributed by atoms with E-state index in [9.17, 15) is 32.7 Å². The molecule has 2 amide bonds. The number of hydrogen-bond donors (Lipinski definition) is 2. The molecule has 0 radical (unpaired) electrons. The number of carboxylic acid groups (broad SMARTS) is 1. The van der Waals surface area contributed by atoms with Gasteiger partial charge >= 0.3 is 18.0 Å². The largest absolute Gasteiger partial charge is 0.477 e. The predicted octanol–water partition coefficient (Wildman–Crippen LogP) is 0.896. The van der Waals surface area contributed by atoms with Crippen LogP contribution in [-0.2, 0) is 33.7 Å². The normalized spacial score (nSPS) is 36.5. The Morgan fingerprint density at radius 1 is 1.12 bits per heavy atom. The summed E-state index contributed by atoms with van der Waals surface area (Å²) in [6, 6.07) is 0. The minimum atomic E-state index is -3.93. The van der Waals surface area contributed by atoms with E-state index < -0.39 is 62.4 Å². The van der Waals surface area contributed by atoms with E-state index >= 15 is 0 Å². The molecule has 0 aromatic heterocycles. The van der Waals surface area contributed by atoms with Crippen molar-refractivity contribution < 1.29 is 42.2 Å². The summed E-state index contributed by atoms with van der Waals surface area (Å²) in [5.41, 5.74) is -1.59. The molecule has 12 heteroatoms. The molecule has 1 unspecified atom stereocenters. The second kappa shape index (κ2) is 7.44. The lowest BCUT2D eigenvalue weighted by molar-refractivity contribution is -0.149. The highest BCUT2D eigenvalue weighted by Crippen LogP contribution is 2.57. The zero-order valence-electron chi connectivity index (χ0n) is 18.1. The summed E-state index contributed by atoms with van der Waals surface area (Å²) >= 11 is 0. The van der Waals surface area contributed by atoms with Gasteiger partial charge < -0.3 is 14.6 Å². The summed E-state index contributed by atoms with van der Waals surface area (Å²) in [4.78, 5) is 49.3. The number of nitrogens with one attached hydrogen (secondary N) is 1. The molecule has 2 N–H and O–H groups in total. The van der Waals surface area contributed by atoms with Gasteiger partial charge in [-0.2, -0.15) is 0 Å². The molecular formula is C21H26N2O9S. The number of aliphatic carboxylic acids is 1. The highest BCUT2D eigenvalue weighted by Gasteiger charge is 2.55. The SMILES string of the molecule is CC(=O)OC(NC(=O)OC12CC3CC(CC(C3)C1)C2)C1=C(C(=O)O)N2C(=O)C[C@H]2S(=O)(=O)C1. The van der Waals surface area contributed by atoms with Crippen molar-refractivity contribution in [1.82, 2.24) is 10.2 Å². The standard InChI is InChI=1S/C21H26N2O9S/c1-10(24)31-18(14-9-33(29,30)16-5-15(25)23(16)17(14)19(26)27)22-20(28)32-21-6-11-2-12(7-21)4-13(3-11)8-21/h11-13,16,18H,2-9H2,1H3,(H,22,28)(H,26,27)/t11?,12?,13?,16-,18?,21?/m1/s1. The van der Waals surface area contributed by atoms with Crippen LogP contribution in [0.15, 0.2) is 11.3 Å². The molecule has 4 saturated carbocycles. The number of β-lactam (4-membered cyclic amide) rings is 1. The number of carbonyl (C=O) groups excluding carboxylic acids is 3. The molecule has 6 aliphatic rings. The Bertz CT molecular complexity index is 1040. The number of nitrogens with zero attached hydrogens (tertiary/aromatic N) is 1. The van der Waals surface area contributed by atoms with E-state index in [1.54, 1.807) is 0 Å². The van der Waals surface area contributed by atoms with E-state index in [1.165, 1.54) is 0 Å². The van der Waals surface area contributed by atoms with Gasteiger partial charge in [-0.25, -0.2) is 18.0 Å². The second-order valence-electron chi connectivity index (χ2n) is 10.0. The quantitative estimate of drug-likeness (QED) is 0.330. The van der Waals surface area contributed by atoms with E-state index in [-0.39, 0.29) is 12.0 Å². The van der Waals surface area contributed by atoms with Crippen molar-refractivity contribution in [1.29, 1.82) is 0 Å². The van der Waals surface area contributed by atoms with Crippen LogP contribution in [0.2, 0.25) is 0 Å². The van der Waals surface area contributed by atoms with Gasteiger partial charge in [0.1, 0.15) is 16.7 Å². The van der Waals surface area contributed by atoms with E-state index in [4.69, 9.17) is 9.47 Å². The van der Waals surface area contributed by atoms with Gasteiger partial charge in [-0.1, -0.05) is 0 Å². The maximum Gasteiger partial charge on any atom is 0.410 e. The molecule has 0 spiro atoms. The van der Waals surface area contributed by atoms with Crippen LogP contribution in [0.5, 0.6) is 0 Å². The molecular weight excluding hydrogens is 456 g/mol. The molecule has 33 heavy (non-hydrogen) atoms. The lowest BCUT2D eigenvalue weighted by Gasteiger charge is -2.55. The lowest BCUT2D eigenvalue weighted by atomic mass is 9.54. The van der Waals surface area contributed by atoms with Gasteiger partial charge in [0.25, 0.3) is 0 Å². The molecule has 2 heterocycles. The Morgan fingerprint density at radius 3 is 2.18 bits per heavy atom. The molecule has 4 aliphatic carbocycles. The average molecular weight is 483 g/mol. The summed E-state index contributed by atoms with van der Waals surface area (Å²) in [5, 5.41) is 10.8. The summed E-state index contributed by atoms with van der Waals surface area (Å²) in [6.45, 7) is 1.05. The molecule has 5 fully saturated rings. The topological polar surface area (TPSA) is 156 Å². The van der Waals surface area contributed by atoms with E-state index in [2.05, 4.69) is 5.32 Å². The predicted molar refractivity (Wildman–Crippen MR) is 110 cm³/mol. The van der Waals surface area contributed by atoms with Crippen LogP contribution in [0, 0.1) is 17.8 Å². The summed E-state index contributed by atoms with van der Waals surface area (Å²) in [5.74, 6) is -2.32. The van der Waals surface area contributed by atoms with Crippen LogP contribution in [0.3, 0.4) is 0 Å². The minimum Gasteiger partial charge on any atom is -0.477 e. The fourth-order valence-corrected chi connectivity index (χ4v) is 8.62. The molecule has 11 nitrogen and oxygen atoms in total. The fraction of sp³-hybridized carbons (Fsp3) is 0.714. The Kier molecular flexibility index (Phi) is 5.00. The van der Waals surface area contributed by atoms with Crippen molar-refractivity contribution in [3.8, 4) is 0 Å². The number of carboxylic acids is 1. The Morgan fingerprint density at radius 2 is 1.70 bits per heavy atom. The van der Waals surface area contributed by atoms with Crippen molar-refractivity contribution in [2.45, 2.75) is 69.1 Å². The van der Waals surface area contributed by atoms with E-state index in [0.29, 0.717) is 22.7 Å². The number of fused-ring (bicyclic) bond motifs is 1. The highest BCUT2D eigenvalue weighted by atomic mass is 32.2. The molecule has 4 bridgehead atoms. The van der Waals surface area contributed by atoms with Crippen molar-refractivity contribution in [3.05, 3.63) is 11.3 Å². The van der Waals surface area contributed by atoms with Crippen LogP contribution >= 0.6 is 0 Å². The Hall–Kier alpha value is -2.63. The van der Waals surface area contributed by atoms with Gasteiger partial charge in [0.2, 0.25) is 12.1 Å². The zero-order valence-corrected chi connectivity index (χ0v) is 18.9. The first-order valence-electron chi connectivity index (χ1n) is 11.1. The van der Waals surface area contributed by atoms with Crippen LogP contribution < -0.4 is 5.32 Å². The Balaban J connectivity index is 1.42. The number of hydrogen-bond acceptors (Lipinski definition) is 8. The van der Waals surface area contributed by atoms with E-state index in [1.807, 2.05) is 0 Å². The fourth-order valence-electron chi connectivity index (χ4n) is 6.76. The third-order valence-electron chi connectivity index (χ3n) is 7.57. The minimum absolute atomic E-state index is 0.313. The number of rotatable bonds is 5. The molecule has 0 aromatic carbocycles. The third-order valence-corrected chi connectivity index (χ3v) is 9.49. The summed E-state index contributed by atoms with van der Waals surface area (Å²) in [6.07, 6.45) is 2.76. The molecule has 2 aliphatic heterocycles. The molecule has 0 aromatic rings. The monoisotopic (exact) mass is 482 g/mol. The van der Waals surface area contributed by atoms with Gasteiger partial charge in [-0.3, -0.25) is 19.8 Å². The van der Waals surface area contributed by atoms with Crippen molar-refractivity contribution in [2.75, 3.05) is 5.75 Å². The van der Waals surface area contributed by atoms with Crippen molar-refractivity contribution in [3.63, 3.8) is 0 Å². The second-order valence-corrected chi connectivity index (χ2v) is 12.2. The lowest BCUT2D eigenvalue weighted by Crippen LogP contribution is -2.62. The number of sulfone groups is 1. The average Bonchev–Trinajstić information content (AvgIpc) is 2.65. The van der Waals surface area contributed by atoms with Gasteiger partial charge in [0.15, 0.2) is 9.84 Å². The van der Waals surface area contributed by atoms with Crippen LogP contribution in [-0.4, -0.2) is 65.3 Å². The van der Waals surface area contributed by atoms with Gasteiger partial charge in [0.05, 0.1) is 12.2 Å². The smallest absolute Gasteiger partial charge is 0.410 e. The number of amides is 2. The Labute approximate surface area is 190 Å². The number of carbonyl (C=O) groups is 4. The summed E-state index contributed by atoms with van der Waals surface area (Å²) in [7, 11) is -3.93. The number of esters is 1. The molecule has 2 atom stereocenters. The van der Waals surface area contributed by atoms with Gasteiger partial charge in [0, 0.05) is 12.5 Å². The van der Waals surface area contributed by atoms with Crippen LogP contribution in [0.25, 0.3) is 0 Å². The first kappa shape index (κ1) is 22.2. The van der Waals surface area contributed by atoms with Gasteiger partial charge in [-0.15, -0.1) is 0 Å². The highest BCUT2D eigenvalue weighted by molar-refractivity contribution is 7.92. The maximum absolute atomic E-state index is 12.9. The summed E-state index contributed by atoms with van der Waals surface area (Å²) < 4.78 is 36.2. The van der Waals surface area contributed by atoms with E-state index in [0.717, 1.165) is 45.4 Å². The van der Waals surface area contributed by atoms with Crippen molar-refractivity contribution in [2.24, 2.45) is 17.8 Å². The molecule has 180 valence electrons. The number of alkyl carbamates (subject to hydrolysis) is 1. The third kappa shape index (κ3) is 3.77. The van der Waals surface area contributed by atoms with Crippen molar-refractivity contribution >= 4 is 33.8 Å². The first-order valence-corrected chi connectivity index (χ1v) is 12.8. The van der Waals surface area contributed by atoms with Gasteiger partial charge in [-0.05, 0) is 56.3 Å². The number of ether oxygens (including phenoxy) is 2. The zero-order chi connectivity index (χ0) is 23.7. The first-order chi connectivity index (χ1) is 15.5. The molecule has 1 saturated heterocycles.